The van der Waals surface area contributed by atoms with Gasteiger partial charge < -0.3 is 5.32 Å². The third-order valence-electron chi connectivity index (χ3n) is 3.53. The van der Waals surface area contributed by atoms with Crippen LogP contribution in [0, 0.1) is 5.41 Å². The molecule has 0 aliphatic carbocycles. The highest BCUT2D eigenvalue weighted by molar-refractivity contribution is 5.80. The van der Waals surface area contributed by atoms with Crippen LogP contribution in [0.2, 0.25) is 0 Å². The maximum absolute atomic E-state index is 11.7. The Labute approximate surface area is 111 Å². The van der Waals surface area contributed by atoms with E-state index in [1.807, 2.05) is 18.2 Å². The average Bonchev–Trinajstić information content (AvgIpc) is 2.38. The van der Waals surface area contributed by atoms with Crippen molar-refractivity contribution < 1.29 is 4.79 Å². The molecule has 0 unspecified atom stereocenters. The smallest absolute Gasteiger partial charge is 0.146 e. The van der Waals surface area contributed by atoms with Crippen LogP contribution in [0.5, 0.6) is 0 Å². The first-order valence-electron chi connectivity index (χ1n) is 6.80. The van der Waals surface area contributed by atoms with Crippen LogP contribution in [0.25, 0.3) is 0 Å². The first-order valence-corrected chi connectivity index (χ1v) is 6.80. The lowest BCUT2D eigenvalue weighted by atomic mass is 9.84. The van der Waals surface area contributed by atoms with Crippen molar-refractivity contribution in [3.05, 3.63) is 35.9 Å². The number of benzene rings is 1. The summed E-state index contributed by atoms with van der Waals surface area (Å²) in [6.45, 7) is 7.87. The number of hydrogen-bond donors (Lipinski definition) is 1. The number of carbonyl (C=O) groups excluding carboxylic acids is 1. The molecule has 0 amide bonds. The molecule has 1 N–H and O–H groups in total. The highest BCUT2D eigenvalue weighted by Crippen LogP contribution is 2.25. The Morgan fingerprint density at radius 1 is 1.22 bits per heavy atom. The Bertz CT molecular complexity index is 357. The lowest BCUT2D eigenvalue weighted by Gasteiger charge is -2.21. The summed E-state index contributed by atoms with van der Waals surface area (Å²) in [5.74, 6) is 0.312. The van der Waals surface area contributed by atoms with Gasteiger partial charge in [-0.15, -0.1) is 0 Å². The van der Waals surface area contributed by atoms with Crippen LogP contribution in [-0.4, -0.2) is 12.3 Å². The molecule has 18 heavy (non-hydrogen) atoms. The van der Waals surface area contributed by atoms with Gasteiger partial charge in [0.2, 0.25) is 0 Å². The van der Waals surface area contributed by atoms with E-state index in [4.69, 9.17) is 0 Å². The van der Waals surface area contributed by atoms with Crippen LogP contribution in [0.4, 0.5) is 0 Å². The number of Topliss-reactive ketones (excluding diaryl/α,β-unsaturated/α-hetero) is 1. The van der Waals surface area contributed by atoms with Crippen LogP contribution >= 0.6 is 0 Å². The Kier molecular flexibility index (Phi) is 6.06. The lowest BCUT2D eigenvalue weighted by Crippen LogP contribution is -2.23. The minimum Gasteiger partial charge on any atom is -0.306 e. The van der Waals surface area contributed by atoms with E-state index in [0.717, 1.165) is 19.4 Å². The van der Waals surface area contributed by atoms with Crippen molar-refractivity contribution in [1.82, 2.24) is 5.32 Å². The summed E-state index contributed by atoms with van der Waals surface area (Å²) < 4.78 is 0. The van der Waals surface area contributed by atoms with Crippen LogP contribution < -0.4 is 5.32 Å². The van der Waals surface area contributed by atoms with Gasteiger partial charge in [0.15, 0.2) is 0 Å². The van der Waals surface area contributed by atoms with Gasteiger partial charge in [-0.2, -0.15) is 0 Å². The number of carbonyl (C=O) groups is 1. The molecule has 0 fully saturated rings. The Morgan fingerprint density at radius 3 is 2.50 bits per heavy atom. The highest BCUT2D eigenvalue weighted by atomic mass is 16.1. The molecule has 0 spiro atoms. The maximum Gasteiger partial charge on any atom is 0.146 e. The Hall–Kier alpha value is -1.15. The topological polar surface area (TPSA) is 29.1 Å². The lowest BCUT2D eigenvalue weighted by molar-refractivity contribution is -0.118. The summed E-state index contributed by atoms with van der Waals surface area (Å²) in [4.78, 5) is 11.7. The van der Waals surface area contributed by atoms with Gasteiger partial charge in [-0.1, -0.05) is 57.5 Å². The van der Waals surface area contributed by atoms with Gasteiger partial charge in [0.05, 0.1) is 6.54 Å². The first kappa shape index (κ1) is 14.9. The fraction of sp³-hybridized carbons (Fsp3) is 0.562. The van der Waals surface area contributed by atoms with Crippen molar-refractivity contribution in [2.75, 3.05) is 6.54 Å². The number of hydrogen-bond acceptors (Lipinski definition) is 2. The minimum atomic E-state index is 0.287. The second kappa shape index (κ2) is 7.32. The summed E-state index contributed by atoms with van der Waals surface area (Å²) in [6.07, 6.45) is 2.79. The third kappa shape index (κ3) is 5.97. The molecule has 0 atom stereocenters. The molecular weight excluding hydrogens is 222 g/mol. The number of nitrogens with one attached hydrogen (secondary N) is 1. The van der Waals surface area contributed by atoms with E-state index >= 15 is 0 Å². The predicted octanol–water partition coefficient (Wildman–Crippen LogP) is 3.56. The van der Waals surface area contributed by atoms with Gasteiger partial charge >= 0.3 is 0 Å². The maximum atomic E-state index is 11.7. The van der Waals surface area contributed by atoms with Gasteiger partial charge in [-0.3, -0.25) is 4.79 Å². The molecule has 100 valence electrons. The molecule has 0 saturated carbocycles. The molecule has 1 aromatic rings. The van der Waals surface area contributed by atoms with Crippen molar-refractivity contribution in [1.29, 1.82) is 0 Å². The van der Waals surface area contributed by atoms with Crippen molar-refractivity contribution in [2.45, 2.75) is 46.6 Å². The average molecular weight is 247 g/mol. The Morgan fingerprint density at radius 2 is 1.89 bits per heavy atom. The van der Waals surface area contributed by atoms with Gasteiger partial charge in [-0.25, -0.2) is 0 Å². The monoisotopic (exact) mass is 247 g/mol. The highest BCUT2D eigenvalue weighted by Gasteiger charge is 2.16. The van der Waals surface area contributed by atoms with E-state index < -0.39 is 0 Å². The fourth-order valence-corrected chi connectivity index (χ4v) is 1.69. The molecule has 0 aromatic heterocycles. The Balaban J connectivity index is 2.18. The van der Waals surface area contributed by atoms with Crippen molar-refractivity contribution in [2.24, 2.45) is 5.41 Å². The normalized spacial score (nSPS) is 11.5. The van der Waals surface area contributed by atoms with Crippen LogP contribution in [0.1, 0.15) is 45.6 Å². The van der Waals surface area contributed by atoms with Crippen LogP contribution in [0.15, 0.2) is 30.3 Å². The van der Waals surface area contributed by atoms with E-state index in [1.165, 1.54) is 5.56 Å². The van der Waals surface area contributed by atoms with Crippen molar-refractivity contribution in [3.8, 4) is 0 Å². The molecule has 1 rings (SSSR count). The van der Waals surface area contributed by atoms with Gasteiger partial charge in [0, 0.05) is 13.0 Å². The van der Waals surface area contributed by atoms with Crippen LogP contribution in [-0.2, 0) is 11.3 Å². The zero-order valence-electron chi connectivity index (χ0n) is 11.8. The second-order valence-corrected chi connectivity index (χ2v) is 5.65. The van der Waals surface area contributed by atoms with E-state index in [2.05, 4.69) is 38.2 Å². The predicted molar refractivity (Wildman–Crippen MR) is 76.5 cm³/mol. The van der Waals surface area contributed by atoms with E-state index in [0.29, 0.717) is 18.7 Å². The summed E-state index contributed by atoms with van der Waals surface area (Å²) in [7, 11) is 0. The largest absolute Gasteiger partial charge is 0.306 e. The fourth-order valence-electron chi connectivity index (χ4n) is 1.69. The van der Waals surface area contributed by atoms with E-state index in [1.54, 1.807) is 0 Å². The number of rotatable bonds is 8. The molecule has 0 aliphatic heterocycles. The molecule has 1 aromatic carbocycles. The summed E-state index contributed by atoms with van der Waals surface area (Å²) in [6, 6.07) is 10.2. The molecule has 0 aliphatic rings. The van der Waals surface area contributed by atoms with Gasteiger partial charge in [0.1, 0.15) is 5.78 Å². The molecule has 0 bridgehead atoms. The van der Waals surface area contributed by atoms with Gasteiger partial charge in [0.25, 0.3) is 0 Å². The molecule has 0 saturated heterocycles. The SMILES string of the molecule is CCC(C)(C)CCC(=O)CNCc1ccccc1. The van der Waals surface area contributed by atoms with Crippen molar-refractivity contribution >= 4 is 5.78 Å². The van der Waals surface area contributed by atoms with Crippen LogP contribution in [0.3, 0.4) is 0 Å². The zero-order valence-corrected chi connectivity index (χ0v) is 11.8. The molecule has 2 nitrogen and oxygen atoms in total. The first-order chi connectivity index (χ1) is 8.53. The van der Waals surface area contributed by atoms with Crippen molar-refractivity contribution in [3.63, 3.8) is 0 Å². The summed E-state index contributed by atoms with van der Waals surface area (Å²) in [5.41, 5.74) is 1.51. The van der Waals surface area contributed by atoms with E-state index in [9.17, 15) is 4.79 Å². The molecule has 0 radical (unpaired) electrons. The number of ketones is 1. The zero-order chi connectivity index (χ0) is 13.4. The minimum absolute atomic E-state index is 0.287. The molecule has 0 heterocycles. The quantitative estimate of drug-likeness (QED) is 0.761. The summed E-state index contributed by atoms with van der Waals surface area (Å²) >= 11 is 0. The van der Waals surface area contributed by atoms with Gasteiger partial charge in [-0.05, 0) is 17.4 Å². The molecule has 2 heteroatoms. The second-order valence-electron chi connectivity index (χ2n) is 5.65. The summed E-state index contributed by atoms with van der Waals surface area (Å²) in [5, 5.41) is 3.21. The van der Waals surface area contributed by atoms with E-state index in [-0.39, 0.29) is 5.41 Å². The molecular formula is C16H25NO. The standard InChI is InChI=1S/C16H25NO/c1-4-16(2,3)11-10-15(18)13-17-12-14-8-6-5-7-9-14/h5-9,17H,4,10-13H2,1-3H3. The third-order valence-corrected chi connectivity index (χ3v) is 3.53.